The van der Waals surface area contributed by atoms with Gasteiger partial charge in [0.15, 0.2) is 0 Å². The van der Waals surface area contributed by atoms with Crippen molar-refractivity contribution in [2.24, 2.45) is 0 Å². The summed E-state index contributed by atoms with van der Waals surface area (Å²) in [6, 6.07) is -0.327. The molecule has 0 saturated carbocycles. The molecule has 26 heavy (non-hydrogen) atoms. The van der Waals surface area contributed by atoms with E-state index in [1.54, 1.807) is 0 Å². The summed E-state index contributed by atoms with van der Waals surface area (Å²) in [7, 11) is -4.82. The Bertz CT molecular complexity index is 723. The first kappa shape index (κ1) is 18.8. The maximum absolute atomic E-state index is 12.3. The normalized spacial score (nSPS) is 31.2. The lowest BCUT2D eigenvalue weighted by Crippen LogP contribution is -2.50. The summed E-state index contributed by atoms with van der Waals surface area (Å²) in [5, 5.41) is 12.4. The molecule has 3 N–H and O–H groups in total. The van der Waals surface area contributed by atoms with Crippen LogP contribution in [0.2, 0.25) is 0 Å². The highest BCUT2D eigenvalue weighted by molar-refractivity contribution is 7.80. The average molecular weight is 389 g/mol. The van der Waals surface area contributed by atoms with Crippen molar-refractivity contribution >= 4 is 22.3 Å². The predicted molar refractivity (Wildman–Crippen MR) is 83.0 cm³/mol. The molecule has 3 amide bonds. The van der Waals surface area contributed by atoms with Gasteiger partial charge in [-0.05, 0) is 25.7 Å². The van der Waals surface area contributed by atoms with Crippen LogP contribution in [0.1, 0.15) is 25.7 Å². The molecule has 3 fully saturated rings. The first-order valence-electron chi connectivity index (χ1n) is 8.12. The molecular weight excluding hydrogens is 370 g/mol. The summed E-state index contributed by atoms with van der Waals surface area (Å²) in [4.78, 5) is 30.9. The van der Waals surface area contributed by atoms with E-state index in [0.717, 1.165) is 6.42 Å². The number of hydrogen-bond acceptors (Lipinski definition) is 8. The lowest BCUT2D eigenvalue weighted by atomic mass is 10.0. The van der Waals surface area contributed by atoms with Crippen LogP contribution in [0.4, 0.5) is 4.79 Å². The summed E-state index contributed by atoms with van der Waals surface area (Å²) >= 11 is 0. The number of nitrogens with one attached hydrogen (secondary N) is 2. The number of hydroxylamine groups is 3. The molecule has 3 heterocycles. The van der Waals surface area contributed by atoms with Gasteiger partial charge in [-0.2, -0.15) is 18.7 Å². The molecule has 12 nitrogen and oxygen atoms in total. The van der Waals surface area contributed by atoms with E-state index < -0.39 is 34.4 Å². The predicted octanol–water partition coefficient (Wildman–Crippen LogP) is -1.32. The Balaban J connectivity index is 1.50. The average Bonchev–Trinajstić information content (AvgIpc) is 3.13. The molecule has 0 aliphatic carbocycles. The summed E-state index contributed by atoms with van der Waals surface area (Å²) in [6.07, 6.45) is 2.11. The maximum Gasteiger partial charge on any atom is 0.418 e. The first-order chi connectivity index (χ1) is 12.3. The first-order valence-corrected chi connectivity index (χ1v) is 9.49. The second-order valence-corrected chi connectivity index (χ2v) is 7.41. The zero-order valence-electron chi connectivity index (χ0n) is 13.7. The van der Waals surface area contributed by atoms with Crippen LogP contribution in [-0.2, 0) is 24.3 Å². The minimum atomic E-state index is -4.82. The fraction of sp³-hybridized carbons (Fsp3) is 0.769. The monoisotopic (exact) mass is 389 g/mol. The highest BCUT2D eigenvalue weighted by Gasteiger charge is 2.49. The molecular formula is C13H19N5O7S. The summed E-state index contributed by atoms with van der Waals surface area (Å²) in [6.45, 7) is 0.297. The Morgan fingerprint density at radius 1 is 1.38 bits per heavy atom. The minimum absolute atomic E-state index is 0.0391. The number of hydrogen-bond donors (Lipinski definition) is 3. The van der Waals surface area contributed by atoms with E-state index in [1.165, 1.54) is 4.90 Å². The third-order valence-electron chi connectivity index (χ3n) is 4.65. The van der Waals surface area contributed by atoms with Crippen molar-refractivity contribution in [3.05, 3.63) is 0 Å². The van der Waals surface area contributed by atoms with Gasteiger partial charge < -0.3 is 4.90 Å². The number of carbonyl (C=O) groups is 2. The van der Waals surface area contributed by atoms with Crippen molar-refractivity contribution < 1.29 is 31.7 Å². The second kappa shape index (κ2) is 7.33. The van der Waals surface area contributed by atoms with Crippen LogP contribution in [0.5, 0.6) is 0 Å². The number of rotatable bonds is 6. The summed E-state index contributed by atoms with van der Waals surface area (Å²) in [5.74, 6) is -0.527. The number of urea groups is 1. The topological polar surface area (TPSA) is 161 Å². The quantitative estimate of drug-likeness (QED) is 0.369. The molecule has 13 heteroatoms. The standard InChI is InChI=1S/C13H19N5O7S/c14-5-8-1-2-9(15-8)7-24-16-12(19)11-4-3-10-6-17(11)13(20)18(10)25-26(21,22)23/h8-11,15H,1-4,6-7H2,(H,16,19)(H,21,22,23)/t8-,9-,10-,11+/m1/s1. The number of nitriles is 1. The van der Waals surface area contributed by atoms with Crippen molar-refractivity contribution in [2.75, 3.05) is 13.2 Å². The third-order valence-corrected chi connectivity index (χ3v) is 5.00. The van der Waals surface area contributed by atoms with Gasteiger partial charge in [0.2, 0.25) is 0 Å². The molecule has 0 spiro atoms. The van der Waals surface area contributed by atoms with Crippen molar-refractivity contribution in [2.45, 2.75) is 49.9 Å². The Hall–Kier alpha value is -1.98. The lowest BCUT2D eigenvalue weighted by molar-refractivity contribution is -0.139. The molecule has 0 aromatic rings. The van der Waals surface area contributed by atoms with Gasteiger partial charge in [0, 0.05) is 12.6 Å². The van der Waals surface area contributed by atoms with E-state index in [4.69, 9.17) is 14.7 Å². The molecule has 3 saturated heterocycles. The van der Waals surface area contributed by atoms with E-state index in [2.05, 4.69) is 21.1 Å². The van der Waals surface area contributed by atoms with Crippen LogP contribution >= 0.6 is 0 Å². The molecule has 0 aromatic carbocycles. The van der Waals surface area contributed by atoms with Crippen LogP contribution < -0.4 is 10.8 Å². The van der Waals surface area contributed by atoms with Gasteiger partial charge >= 0.3 is 16.4 Å². The molecule has 4 atom stereocenters. The van der Waals surface area contributed by atoms with Gasteiger partial charge in [-0.15, -0.1) is 4.28 Å². The molecule has 0 aromatic heterocycles. The van der Waals surface area contributed by atoms with Gasteiger partial charge in [0.25, 0.3) is 5.91 Å². The molecule has 0 unspecified atom stereocenters. The van der Waals surface area contributed by atoms with Crippen molar-refractivity contribution in [1.82, 2.24) is 20.8 Å². The minimum Gasteiger partial charge on any atom is -0.309 e. The van der Waals surface area contributed by atoms with Crippen molar-refractivity contribution in [3.63, 3.8) is 0 Å². The molecule has 3 aliphatic rings. The van der Waals surface area contributed by atoms with Crippen LogP contribution in [0.15, 0.2) is 0 Å². The lowest BCUT2D eigenvalue weighted by Gasteiger charge is -2.29. The molecule has 3 aliphatic heterocycles. The largest absolute Gasteiger partial charge is 0.418 e. The SMILES string of the molecule is N#C[C@H]1CC[C@H](CONC(=O)[C@@H]2CC[C@@H]3CN2C(=O)N3OS(=O)(=O)O)N1. The van der Waals surface area contributed by atoms with E-state index in [0.29, 0.717) is 24.3 Å². The Morgan fingerprint density at radius 3 is 2.81 bits per heavy atom. The molecule has 144 valence electrons. The third kappa shape index (κ3) is 4.05. The van der Waals surface area contributed by atoms with E-state index in [-0.39, 0.29) is 25.2 Å². The van der Waals surface area contributed by atoms with Crippen molar-refractivity contribution in [1.29, 1.82) is 5.26 Å². The number of fused-ring (bicyclic) bond motifs is 2. The van der Waals surface area contributed by atoms with Crippen LogP contribution in [0.3, 0.4) is 0 Å². The molecule has 2 bridgehead atoms. The van der Waals surface area contributed by atoms with E-state index >= 15 is 0 Å². The van der Waals surface area contributed by atoms with E-state index in [9.17, 15) is 18.0 Å². The number of carbonyl (C=O) groups excluding carboxylic acids is 2. The maximum atomic E-state index is 12.3. The Morgan fingerprint density at radius 2 is 2.15 bits per heavy atom. The number of piperidine rings is 1. The molecule has 0 radical (unpaired) electrons. The number of amides is 3. The van der Waals surface area contributed by atoms with E-state index in [1.807, 2.05) is 0 Å². The Kier molecular flexibility index (Phi) is 5.30. The smallest absolute Gasteiger partial charge is 0.309 e. The molecule has 3 rings (SSSR count). The van der Waals surface area contributed by atoms with Crippen LogP contribution in [0, 0.1) is 11.3 Å². The highest BCUT2D eigenvalue weighted by Crippen LogP contribution is 2.30. The van der Waals surface area contributed by atoms with Gasteiger partial charge in [-0.1, -0.05) is 0 Å². The van der Waals surface area contributed by atoms with Gasteiger partial charge in [0.1, 0.15) is 6.04 Å². The second-order valence-electron chi connectivity index (χ2n) is 6.41. The highest BCUT2D eigenvalue weighted by atomic mass is 32.3. The number of nitrogens with zero attached hydrogens (tertiary/aromatic N) is 3. The van der Waals surface area contributed by atoms with Gasteiger partial charge in [-0.3, -0.25) is 19.5 Å². The van der Waals surface area contributed by atoms with Crippen LogP contribution in [-0.4, -0.2) is 72.2 Å². The summed E-state index contributed by atoms with van der Waals surface area (Å²) in [5.41, 5.74) is 2.30. The zero-order chi connectivity index (χ0) is 18.9. The fourth-order valence-electron chi connectivity index (χ4n) is 3.44. The Labute approximate surface area is 149 Å². The fourth-order valence-corrected chi connectivity index (χ4v) is 3.83. The summed E-state index contributed by atoms with van der Waals surface area (Å²) < 4.78 is 34.7. The van der Waals surface area contributed by atoms with Gasteiger partial charge in [0.05, 0.1) is 24.8 Å². The zero-order valence-corrected chi connectivity index (χ0v) is 14.5. The van der Waals surface area contributed by atoms with Gasteiger partial charge in [-0.25, -0.2) is 10.3 Å². The van der Waals surface area contributed by atoms with Crippen molar-refractivity contribution in [3.8, 4) is 6.07 Å². The van der Waals surface area contributed by atoms with Crippen LogP contribution in [0.25, 0.3) is 0 Å².